The number of para-hydroxylation sites is 1. The molecule has 1 saturated carbocycles. The second-order valence-corrected chi connectivity index (χ2v) is 8.06. The Hall–Kier alpha value is -1.81. The summed E-state index contributed by atoms with van der Waals surface area (Å²) < 4.78 is 5.90. The van der Waals surface area contributed by atoms with Gasteiger partial charge in [0.15, 0.2) is 0 Å². The molecule has 4 nitrogen and oxygen atoms in total. The first kappa shape index (κ1) is 17.6. The lowest BCUT2D eigenvalue weighted by molar-refractivity contribution is -0.149. The van der Waals surface area contributed by atoms with Crippen LogP contribution in [0.3, 0.4) is 0 Å². The maximum Gasteiger partial charge on any atom is 0.222 e. The molecule has 1 saturated heterocycles. The van der Waals surface area contributed by atoms with Gasteiger partial charge in [-0.3, -0.25) is 4.79 Å². The molecule has 1 aromatic carbocycles. The van der Waals surface area contributed by atoms with E-state index in [1.165, 1.54) is 29.3 Å². The molecule has 4 heteroatoms. The second-order valence-electron chi connectivity index (χ2n) is 8.06. The van der Waals surface area contributed by atoms with Gasteiger partial charge in [0, 0.05) is 30.1 Å². The van der Waals surface area contributed by atoms with Crippen molar-refractivity contribution in [3.8, 4) is 0 Å². The molecule has 0 radical (unpaired) electrons. The van der Waals surface area contributed by atoms with Gasteiger partial charge in [-0.15, -0.1) is 0 Å². The molecule has 1 aliphatic heterocycles. The molecule has 1 aromatic heterocycles. The highest BCUT2D eigenvalue weighted by molar-refractivity contribution is 5.83. The van der Waals surface area contributed by atoms with E-state index in [0.717, 1.165) is 32.2 Å². The lowest BCUT2D eigenvalue weighted by Crippen LogP contribution is -2.54. The Morgan fingerprint density at radius 1 is 1.31 bits per heavy atom. The van der Waals surface area contributed by atoms with E-state index in [4.69, 9.17) is 4.74 Å². The summed E-state index contributed by atoms with van der Waals surface area (Å²) in [5.74, 6) is 0.831. The highest BCUT2D eigenvalue weighted by Gasteiger charge is 2.36. The average molecular weight is 354 g/mol. The van der Waals surface area contributed by atoms with Crippen LogP contribution in [0.4, 0.5) is 0 Å². The van der Waals surface area contributed by atoms with Crippen LogP contribution in [0.2, 0.25) is 0 Å². The summed E-state index contributed by atoms with van der Waals surface area (Å²) in [6.45, 7) is 3.74. The molecule has 2 aliphatic rings. The maximum atomic E-state index is 12.8. The van der Waals surface area contributed by atoms with Crippen molar-refractivity contribution in [1.82, 2.24) is 9.88 Å². The average Bonchev–Trinajstić information content (AvgIpc) is 3.08. The van der Waals surface area contributed by atoms with E-state index in [2.05, 4.69) is 47.3 Å². The van der Waals surface area contributed by atoms with Gasteiger partial charge in [0.2, 0.25) is 5.91 Å². The van der Waals surface area contributed by atoms with Crippen LogP contribution in [0.1, 0.15) is 51.0 Å². The minimum atomic E-state index is 0.282. The normalized spacial score (nSPS) is 24.4. The number of aromatic nitrogens is 1. The number of nitrogens with one attached hydrogen (secondary N) is 1. The molecular formula is C22H30N2O2. The van der Waals surface area contributed by atoms with Gasteiger partial charge in [-0.25, -0.2) is 0 Å². The fourth-order valence-electron chi connectivity index (χ4n) is 4.70. The summed E-state index contributed by atoms with van der Waals surface area (Å²) in [6.07, 6.45) is 9.73. The Bertz CT molecular complexity index is 751. The van der Waals surface area contributed by atoms with Gasteiger partial charge in [0.1, 0.15) is 0 Å². The van der Waals surface area contributed by atoms with Gasteiger partial charge in [0.05, 0.1) is 18.8 Å². The number of nitrogens with zero attached hydrogens (tertiary/aromatic N) is 1. The third kappa shape index (κ3) is 3.66. The molecule has 1 amide bonds. The number of morpholine rings is 1. The molecule has 3 unspecified atom stereocenters. The first-order chi connectivity index (χ1) is 12.7. The fourth-order valence-corrected chi connectivity index (χ4v) is 4.70. The molecule has 26 heavy (non-hydrogen) atoms. The number of hydrogen-bond donors (Lipinski definition) is 1. The monoisotopic (exact) mass is 354 g/mol. The predicted molar refractivity (Wildman–Crippen MR) is 104 cm³/mol. The minimum absolute atomic E-state index is 0.282. The standard InChI is InChI=1S/C22H30N2O2/c1-16(14-17-15-23-19-7-3-2-6-18(17)19)10-11-22(25)24-12-13-26-21-9-5-4-8-20(21)24/h2-3,6-7,15-16,20-21,23H,4-5,8-14H2,1H3. The number of carbonyl (C=O) groups excluding carboxylic acids is 1. The van der Waals surface area contributed by atoms with Crippen molar-refractivity contribution >= 4 is 16.8 Å². The largest absolute Gasteiger partial charge is 0.374 e. The smallest absolute Gasteiger partial charge is 0.222 e. The number of benzene rings is 1. The van der Waals surface area contributed by atoms with Gasteiger partial charge in [-0.2, -0.15) is 0 Å². The van der Waals surface area contributed by atoms with Crippen molar-refractivity contribution in [3.63, 3.8) is 0 Å². The van der Waals surface area contributed by atoms with Gasteiger partial charge < -0.3 is 14.6 Å². The number of amides is 1. The Kier molecular flexibility index (Phi) is 5.30. The van der Waals surface area contributed by atoms with Crippen molar-refractivity contribution in [2.75, 3.05) is 13.2 Å². The number of fused-ring (bicyclic) bond motifs is 2. The van der Waals surface area contributed by atoms with Gasteiger partial charge in [-0.1, -0.05) is 38.0 Å². The highest BCUT2D eigenvalue weighted by atomic mass is 16.5. The third-order valence-corrected chi connectivity index (χ3v) is 6.15. The van der Waals surface area contributed by atoms with Crippen LogP contribution in [-0.2, 0) is 16.0 Å². The molecule has 0 spiro atoms. The van der Waals surface area contributed by atoms with Crippen molar-refractivity contribution in [3.05, 3.63) is 36.0 Å². The van der Waals surface area contributed by atoms with E-state index in [9.17, 15) is 4.79 Å². The molecule has 2 heterocycles. The second kappa shape index (κ2) is 7.83. The first-order valence-electron chi connectivity index (χ1n) is 10.2. The van der Waals surface area contributed by atoms with Crippen LogP contribution in [0.5, 0.6) is 0 Å². The SMILES string of the molecule is CC(CCC(=O)N1CCOC2CCCCC21)Cc1c[nH]c2ccccc12. The summed E-state index contributed by atoms with van der Waals surface area (Å²) in [5, 5.41) is 1.31. The van der Waals surface area contributed by atoms with Gasteiger partial charge >= 0.3 is 0 Å². The van der Waals surface area contributed by atoms with E-state index in [1.54, 1.807) is 0 Å². The van der Waals surface area contributed by atoms with E-state index in [0.29, 0.717) is 30.9 Å². The molecule has 2 fully saturated rings. The van der Waals surface area contributed by atoms with Crippen LogP contribution in [-0.4, -0.2) is 41.1 Å². The van der Waals surface area contributed by atoms with Crippen molar-refractivity contribution < 1.29 is 9.53 Å². The molecule has 4 rings (SSSR count). The van der Waals surface area contributed by atoms with Crippen LogP contribution < -0.4 is 0 Å². The molecule has 140 valence electrons. The summed E-state index contributed by atoms with van der Waals surface area (Å²) >= 11 is 0. The van der Waals surface area contributed by atoms with Crippen LogP contribution in [0.15, 0.2) is 30.5 Å². The van der Waals surface area contributed by atoms with E-state index in [-0.39, 0.29) is 6.10 Å². The zero-order chi connectivity index (χ0) is 17.9. The first-order valence-corrected chi connectivity index (χ1v) is 10.2. The van der Waals surface area contributed by atoms with Crippen molar-refractivity contribution in [1.29, 1.82) is 0 Å². The summed E-state index contributed by atoms with van der Waals surface area (Å²) in [7, 11) is 0. The summed E-state index contributed by atoms with van der Waals surface area (Å²) in [6, 6.07) is 8.77. The Morgan fingerprint density at radius 2 is 2.15 bits per heavy atom. The minimum Gasteiger partial charge on any atom is -0.374 e. The zero-order valence-corrected chi connectivity index (χ0v) is 15.7. The lowest BCUT2D eigenvalue weighted by atomic mass is 9.89. The predicted octanol–water partition coefficient (Wildman–Crippen LogP) is 4.30. The molecule has 0 bridgehead atoms. The summed E-state index contributed by atoms with van der Waals surface area (Å²) in [4.78, 5) is 18.3. The van der Waals surface area contributed by atoms with Crippen molar-refractivity contribution in [2.24, 2.45) is 5.92 Å². The number of rotatable bonds is 5. The van der Waals surface area contributed by atoms with Crippen molar-refractivity contribution in [2.45, 2.75) is 64.0 Å². The van der Waals surface area contributed by atoms with E-state index >= 15 is 0 Å². The van der Waals surface area contributed by atoms with E-state index in [1.807, 2.05) is 0 Å². The number of carbonyl (C=O) groups is 1. The van der Waals surface area contributed by atoms with Crippen LogP contribution in [0.25, 0.3) is 10.9 Å². The topological polar surface area (TPSA) is 45.3 Å². The number of hydrogen-bond acceptors (Lipinski definition) is 2. The van der Waals surface area contributed by atoms with Crippen LogP contribution in [0, 0.1) is 5.92 Å². The molecule has 3 atom stereocenters. The maximum absolute atomic E-state index is 12.8. The third-order valence-electron chi connectivity index (χ3n) is 6.15. The zero-order valence-electron chi connectivity index (χ0n) is 15.7. The molecule has 2 aromatic rings. The lowest BCUT2D eigenvalue weighted by Gasteiger charge is -2.44. The number of ether oxygens (including phenoxy) is 1. The highest BCUT2D eigenvalue weighted by Crippen LogP contribution is 2.29. The fraction of sp³-hybridized carbons (Fsp3) is 0.591. The summed E-state index contributed by atoms with van der Waals surface area (Å²) in [5.41, 5.74) is 2.56. The quantitative estimate of drug-likeness (QED) is 0.870. The van der Waals surface area contributed by atoms with E-state index < -0.39 is 0 Å². The Labute approximate surface area is 155 Å². The van der Waals surface area contributed by atoms with Gasteiger partial charge in [0.25, 0.3) is 0 Å². The van der Waals surface area contributed by atoms with Crippen LogP contribution >= 0.6 is 0 Å². The Balaban J connectivity index is 1.32. The number of aromatic amines is 1. The van der Waals surface area contributed by atoms with Gasteiger partial charge in [-0.05, 0) is 43.2 Å². The number of H-pyrrole nitrogens is 1. The molecule has 1 aliphatic carbocycles. The Morgan fingerprint density at radius 3 is 3.08 bits per heavy atom. The molecule has 1 N–H and O–H groups in total. The molecular weight excluding hydrogens is 324 g/mol.